The van der Waals surface area contributed by atoms with E-state index in [1.54, 1.807) is 36.4 Å². The number of benzene rings is 2. The van der Waals surface area contributed by atoms with Crippen molar-refractivity contribution < 1.29 is 17.9 Å². The van der Waals surface area contributed by atoms with Crippen molar-refractivity contribution in [2.45, 2.75) is 25.6 Å². The van der Waals surface area contributed by atoms with Crippen LogP contribution in [-0.2, 0) is 10.3 Å². The molecule has 0 aliphatic heterocycles. The van der Waals surface area contributed by atoms with Crippen LogP contribution in [0.5, 0.6) is 0 Å². The monoisotopic (exact) mass is 387 g/mol. The zero-order valence-electron chi connectivity index (χ0n) is 15.0. The van der Waals surface area contributed by atoms with Crippen molar-refractivity contribution in [1.29, 1.82) is 0 Å². The largest absolute Gasteiger partial charge is 0.426 e. The summed E-state index contributed by atoms with van der Waals surface area (Å²) in [6, 6.07) is 15.7. The highest BCUT2D eigenvalue weighted by Gasteiger charge is 2.58. The van der Waals surface area contributed by atoms with E-state index in [0.717, 1.165) is 13.1 Å². The summed E-state index contributed by atoms with van der Waals surface area (Å²) in [4.78, 5) is 2.04. The maximum absolute atomic E-state index is 14.3. The van der Waals surface area contributed by atoms with Gasteiger partial charge in [0, 0.05) is 6.54 Å². The van der Waals surface area contributed by atoms with Crippen molar-refractivity contribution in [3.8, 4) is 0 Å². The van der Waals surface area contributed by atoms with Crippen molar-refractivity contribution in [2.75, 3.05) is 26.2 Å². The molecular formula is C20H25ClF3NO. The third-order valence-electron chi connectivity index (χ3n) is 4.38. The Bertz CT molecular complexity index is 591. The van der Waals surface area contributed by atoms with Crippen LogP contribution in [0.2, 0.25) is 0 Å². The van der Waals surface area contributed by atoms with Gasteiger partial charge in [-0.3, -0.25) is 0 Å². The Hall–Kier alpha value is -1.56. The van der Waals surface area contributed by atoms with Gasteiger partial charge in [-0.1, -0.05) is 74.5 Å². The van der Waals surface area contributed by atoms with E-state index in [1.807, 2.05) is 18.7 Å². The van der Waals surface area contributed by atoms with Gasteiger partial charge in [0.15, 0.2) is 0 Å². The van der Waals surface area contributed by atoms with Gasteiger partial charge in [-0.05, 0) is 24.2 Å². The number of likely N-dealkylation sites (N-methyl/N-ethyl adjacent to an activating group) is 1. The second-order valence-electron chi connectivity index (χ2n) is 5.79. The number of alkyl halides is 3. The fraction of sp³-hybridized carbons (Fsp3) is 0.400. The van der Waals surface area contributed by atoms with Gasteiger partial charge in [-0.15, -0.1) is 12.4 Å². The first kappa shape index (κ1) is 22.5. The molecule has 0 fully saturated rings. The van der Waals surface area contributed by atoms with Crippen LogP contribution in [0.1, 0.15) is 25.0 Å². The molecule has 2 aromatic carbocycles. The molecule has 2 aromatic rings. The van der Waals surface area contributed by atoms with Gasteiger partial charge in [-0.2, -0.15) is 13.2 Å². The van der Waals surface area contributed by atoms with Crippen molar-refractivity contribution in [3.05, 3.63) is 71.8 Å². The van der Waals surface area contributed by atoms with Crippen LogP contribution in [0.25, 0.3) is 0 Å². The minimum Gasteiger partial charge on any atom is -0.355 e. The van der Waals surface area contributed by atoms with E-state index in [-0.39, 0.29) is 30.1 Å². The standard InChI is InChI=1S/C20H24F3NO.ClH/c1-3-24(4-2)15-16-25-19(20(21,22)23,17-11-7-5-8-12-17)18-13-9-6-10-14-18;/h5-14H,3-4,15-16H2,1-2H3;1H. The molecule has 0 unspecified atom stereocenters. The van der Waals surface area contributed by atoms with Crippen LogP contribution in [0.4, 0.5) is 13.2 Å². The number of hydrogen-bond donors (Lipinski definition) is 0. The van der Waals surface area contributed by atoms with Gasteiger partial charge < -0.3 is 9.64 Å². The second kappa shape index (κ2) is 9.95. The quantitative estimate of drug-likeness (QED) is 0.611. The number of nitrogens with zero attached hydrogens (tertiary/aromatic N) is 1. The number of ether oxygens (including phenoxy) is 1. The summed E-state index contributed by atoms with van der Waals surface area (Å²) in [6.07, 6.45) is -4.58. The van der Waals surface area contributed by atoms with E-state index in [9.17, 15) is 13.2 Å². The summed E-state index contributed by atoms with van der Waals surface area (Å²) in [5, 5.41) is 0. The molecule has 0 saturated carbocycles. The topological polar surface area (TPSA) is 12.5 Å². The summed E-state index contributed by atoms with van der Waals surface area (Å²) in [5.74, 6) is 0. The lowest BCUT2D eigenvalue weighted by Gasteiger charge is -2.37. The molecule has 0 spiro atoms. The minimum absolute atomic E-state index is 0. The molecule has 0 aliphatic carbocycles. The molecule has 6 heteroatoms. The lowest BCUT2D eigenvalue weighted by Crippen LogP contribution is -2.47. The summed E-state index contributed by atoms with van der Waals surface area (Å²) in [6.45, 7) is 5.95. The number of halogens is 4. The third kappa shape index (κ3) is 4.78. The number of rotatable bonds is 8. The van der Waals surface area contributed by atoms with Crippen molar-refractivity contribution in [1.82, 2.24) is 4.90 Å². The highest BCUT2D eigenvalue weighted by molar-refractivity contribution is 5.85. The molecule has 0 bridgehead atoms. The first-order chi connectivity index (χ1) is 12.0. The Labute approximate surface area is 159 Å². The average molecular weight is 388 g/mol. The molecule has 0 radical (unpaired) electrons. The molecule has 0 heterocycles. The Kier molecular flexibility index (Phi) is 8.60. The van der Waals surface area contributed by atoms with Crippen molar-refractivity contribution in [2.24, 2.45) is 0 Å². The normalized spacial score (nSPS) is 12.1. The van der Waals surface area contributed by atoms with Gasteiger partial charge in [0.1, 0.15) is 0 Å². The molecule has 2 nitrogen and oxygen atoms in total. The zero-order chi connectivity index (χ0) is 18.3. The molecule has 0 saturated heterocycles. The molecule has 144 valence electrons. The fourth-order valence-corrected chi connectivity index (χ4v) is 2.96. The Morgan fingerprint density at radius 3 is 1.58 bits per heavy atom. The van der Waals surface area contributed by atoms with Gasteiger partial charge in [0.05, 0.1) is 6.61 Å². The highest BCUT2D eigenvalue weighted by Crippen LogP contribution is 2.47. The van der Waals surface area contributed by atoms with Crippen LogP contribution in [-0.4, -0.2) is 37.3 Å². The molecule has 0 amide bonds. The summed E-state index contributed by atoms with van der Waals surface area (Å²) in [5.41, 5.74) is -2.29. The van der Waals surface area contributed by atoms with Crippen LogP contribution in [0.15, 0.2) is 60.7 Å². The SMILES string of the molecule is CCN(CC)CCOC(c1ccccc1)(c1ccccc1)C(F)(F)F.Cl. The maximum atomic E-state index is 14.3. The number of hydrogen-bond acceptors (Lipinski definition) is 2. The lowest BCUT2D eigenvalue weighted by molar-refractivity contribution is -0.267. The molecule has 26 heavy (non-hydrogen) atoms. The van der Waals surface area contributed by atoms with E-state index in [2.05, 4.69) is 0 Å². The smallest absolute Gasteiger partial charge is 0.355 e. The fourth-order valence-electron chi connectivity index (χ4n) is 2.96. The first-order valence-electron chi connectivity index (χ1n) is 8.49. The Morgan fingerprint density at radius 1 is 0.808 bits per heavy atom. The van der Waals surface area contributed by atoms with Gasteiger partial charge >= 0.3 is 6.18 Å². The second-order valence-corrected chi connectivity index (χ2v) is 5.79. The zero-order valence-corrected chi connectivity index (χ0v) is 15.8. The molecule has 0 aromatic heterocycles. The van der Waals surface area contributed by atoms with Crippen LogP contribution < -0.4 is 0 Å². The van der Waals surface area contributed by atoms with Gasteiger partial charge in [0.2, 0.25) is 5.60 Å². The average Bonchev–Trinajstić information content (AvgIpc) is 2.62. The summed E-state index contributed by atoms with van der Waals surface area (Å²) >= 11 is 0. The van der Waals surface area contributed by atoms with E-state index < -0.39 is 11.8 Å². The minimum atomic E-state index is -4.58. The van der Waals surface area contributed by atoms with E-state index in [1.165, 1.54) is 24.3 Å². The van der Waals surface area contributed by atoms with E-state index in [0.29, 0.717) is 6.54 Å². The van der Waals surface area contributed by atoms with Crippen LogP contribution in [0.3, 0.4) is 0 Å². The maximum Gasteiger partial charge on any atom is 0.426 e. The summed E-state index contributed by atoms with van der Waals surface area (Å²) < 4.78 is 48.5. The summed E-state index contributed by atoms with van der Waals surface area (Å²) in [7, 11) is 0. The molecular weight excluding hydrogens is 363 g/mol. The molecule has 0 aliphatic rings. The van der Waals surface area contributed by atoms with E-state index in [4.69, 9.17) is 4.74 Å². The van der Waals surface area contributed by atoms with Crippen LogP contribution >= 0.6 is 12.4 Å². The Morgan fingerprint density at radius 2 is 1.23 bits per heavy atom. The van der Waals surface area contributed by atoms with E-state index >= 15 is 0 Å². The van der Waals surface area contributed by atoms with Crippen molar-refractivity contribution >= 4 is 12.4 Å². The predicted molar refractivity (Wildman–Crippen MR) is 101 cm³/mol. The molecule has 0 N–H and O–H groups in total. The highest BCUT2D eigenvalue weighted by atomic mass is 35.5. The van der Waals surface area contributed by atoms with Crippen molar-refractivity contribution in [3.63, 3.8) is 0 Å². The Balaban J connectivity index is 0.00000338. The molecule has 0 atom stereocenters. The first-order valence-corrected chi connectivity index (χ1v) is 8.49. The third-order valence-corrected chi connectivity index (χ3v) is 4.38. The molecule has 2 rings (SSSR count). The lowest BCUT2D eigenvalue weighted by atomic mass is 9.85. The van der Waals surface area contributed by atoms with Crippen LogP contribution in [0, 0.1) is 0 Å². The van der Waals surface area contributed by atoms with Gasteiger partial charge in [-0.25, -0.2) is 0 Å². The van der Waals surface area contributed by atoms with Gasteiger partial charge in [0.25, 0.3) is 0 Å². The predicted octanol–water partition coefficient (Wildman–Crippen LogP) is 5.27.